The molecule has 19 heavy (non-hydrogen) atoms. The first kappa shape index (κ1) is 12.2. The molecule has 3 nitrogen and oxygen atoms in total. The lowest BCUT2D eigenvalue weighted by Gasteiger charge is -2.31. The number of hydrogen-bond acceptors (Lipinski definition) is 2. The number of rotatable bonds is 1. The number of benzene rings is 1. The van der Waals surface area contributed by atoms with Crippen LogP contribution in [0.5, 0.6) is 0 Å². The van der Waals surface area contributed by atoms with Crippen LogP contribution < -0.4 is 0 Å². The zero-order chi connectivity index (χ0) is 13.6. The maximum atomic E-state index is 9.01. The van der Waals surface area contributed by atoms with E-state index >= 15 is 0 Å². The van der Waals surface area contributed by atoms with Gasteiger partial charge in [-0.3, -0.25) is 0 Å². The summed E-state index contributed by atoms with van der Waals surface area (Å²) in [6, 6.07) is 8.02. The summed E-state index contributed by atoms with van der Waals surface area (Å²) in [5, 5.41) is 9.01. The lowest BCUT2D eigenvalue weighted by molar-refractivity contribution is 0.335. The molecule has 3 heteroatoms. The fourth-order valence-corrected chi connectivity index (χ4v) is 2.81. The van der Waals surface area contributed by atoms with Crippen molar-refractivity contribution in [3.05, 3.63) is 29.6 Å². The van der Waals surface area contributed by atoms with Crippen LogP contribution in [0.2, 0.25) is 0 Å². The molecule has 1 saturated carbocycles. The third-order valence-corrected chi connectivity index (χ3v) is 3.95. The van der Waals surface area contributed by atoms with Crippen LogP contribution in [0.3, 0.4) is 0 Å². The average molecular weight is 253 g/mol. The minimum atomic E-state index is 0.0217. The van der Waals surface area contributed by atoms with Gasteiger partial charge in [0.1, 0.15) is 5.82 Å². The molecule has 0 saturated heterocycles. The second-order valence-electron chi connectivity index (χ2n) is 6.42. The normalized spacial score (nSPS) is 16.3. The molecule has 0 amide bonds. The topological polar surface area (TPSA) is 41.6 Å². The van der Waals surface area contributed by atoms with Gasteiger partial charge >= 0.3 is 0 Å². The molecule has 0 unspecified atom stereocenters. The molecule has 3 rings (SSSR count). The van der Waals surface area contributed by atoms with Gasteiger partial charge in [0, 0.05) is 11.5 Å². The van der Waals surface area contributed by atoms with E-state index in [4.69, 9.17) is 10.2 Å². The first-order chi connectivity index (χ1) is 9.00. The number of imidazole rings is 1. The summed E-state index contributed by atoms with van der Waals surface area (Å²) < 4.78 is 2.35. The fourth-order valence-electron chi connectivity index (χ4n) is 2.81. The Morgan fingerprint density at radius 2 is 2.05 bits per heavy atom. The molecule has 98 valence electrons. The van der Waals surface area contributed by atoms with Gasteiger partial charge < -0.3 is 4.57 Å². The van der Waals surface area contributed by atoms with E-state index in [0.29, 0.717) is 11.5 Å². The van der Waals surface area contributed by atoms with E-state index < -0.39 is 0 Å². The molecule has 2 aromatic rings. The van der Waals surface area contributed by atoms with E-state index in [-0.39, 0.29) is 5.54 Å². The number of nitriles is 1. The monoisotopic (exact) mass is 253 g/mol. The molecule has 1 aliphatic carbocycles. The van der Waals surface area contributed by atoms with Crippen molar-refractivity contribution in [2.24, 2.45) is 0 Å². The van der Waals surface area contributed by atoms with Crippen LogP contribution in [0.1, 0.15) is 57.3 Å². The predicted octanol–water partition coefficient (Wildman–Crippen LogP) is 3.93. The minimum Gasteiger partial charge on any atom is -0.322 e. The number of nitrogens with zero attached hydrogens (tertiary/aromatic N) is 3. The smallest absolute Gasteiger partial charge is 0.113 e. The Bertz CT molecular complexity index is 664. The van der Waals surface area contributed by atoms with Crippen LogP contribution in [0, 0.1) is 11.3 Å². The van der Waals surface area contributed by atoms with E-state index in [2.05, 4.69) is 31.4 Å². The Kier molecular flexibility index (Phi) is 2.63. The second kappa shape index (κ2) is 4.09. The summed E-state index contributed by atoms with van der Waals surface area (Å²) in [4.78, 5) is 4.82. The molecule has 1 aliphatic rings. The van der Waals surface area contributed by atoms with Gasteiger partial charge in [-0.2, -0.15) is 5.26 Å². The van der Waals surface area contributed by atoms with Gasteiger partial charge in [0.15, 0.2) is 0 Å². The van der Waals surface area contributed by atoms with Crippen molar-refractivity contribution >= 4 is 11.0 Å². The van der Waals surface area contributed by atoms with E-state index in [1.54, 1.807) is 0 Å². The van der Waals surface area contributed by atoms with E-state index in [1.807, 2.05) is 18.2 Å². The quantitative estimate of drug-likeness (QED) is 0.772. The molecule has 0 aliphatic heterocycles. The van der Waals surface area contributed by atoms with Crippen molar-refractivity contribution < 1.29 is 0 Å². The lowest BCUT2D eigenvalue weighted by Crippen LogP contribution is -2.27. The van der Waals surface area contributed by atoms with Crippen molar-refractivity contribution in [2.45, 2.75) is 51.5 Å². The van der Waals surface area contributed by atoms with Crippen molar-refractivity contribution in [1.29, 1.82) is 5.26 Å². The fraction of sp³-hybridized carbons (Fsp3) is 0.500. The molecule has 0 bridgehead atoms. The van der Waals surface area contributed by atoms with Gasteiger partial charge in [0.2, 0.25) is 0 Å². The summed E-state index contributed by atoms with van der Waals surface area (Å²) in [6.07, 6.45) is 3.79. The molecule has 0 atom stereocenters. The molecule has 1 aromatic heterocycles. The first-order valence-corrected chi connectivity index (χ1v) is 6.93. The standard InChI is InChI=1S/C16H19N3/c1-16(2,3)19-14-8-7-11(10-17)9-13(14)18-15(19)12-5-4-6-12/h7-9,12H,4-6H2,1-3H3. The Morgan fingerprint density at radius 1 is 1.32 bits per heavy atom. The van der Waals surface area contributed by atoms with Gasteiger partial charge in [-0.15, -0.1) is 0 Å². The molecule has 1 heterocycles. The highest BCUT2D eigenvalue weighted by atomic mass is 15.1. The Labute approximate surface area is 113 Å². The summed E-state index contributed by atoms with van der Waals surface area (Å²) >= 11 is 0. The predicted molar refractivity (Wildman–Crippen MR) is 76.0 cm³/mol. The third kappa shape index (κ3) is 1.92. The summed E-state index contributed by atoms with van der Waals surface area (Å²) in [5.74, 6) is 1.79. The third-order valence-electron chi connectivity index (χ3n) is 3.95. The number of aromatic nitrogens is 2. The molecular weight excluding hydrogens is 234 g/mol. The second-order valence-corrected chi connectivity index (χ2v) is 6.42. The zero-order valence-electron chi connectivity index (χ0n) is 11.8. The van der Waals surface area contributed by atoms with Gasteiger partial charge in [-0.1, -0.05) is 6.42 Å². The van der Waals surface area contributed by atoms with Crippen LogP contribution in [-0.2, 0) is 5.54 Å². The van der Waals surface area contributed by atoms with Gasteiger partial charge in [-0.25, -0.2) is 4.98 Å². The van der Waals surface area contributed by atoms with Gasteiger partial charge in [-0.05, 0) is 51.8 Å². The van der Waals surface area contributed by atoms with Crippen LogP contribution in [0.4, 0.5) is 0 Å². The van der Waals surface area contributed by atoms with Gasteiger partial charge in [0.25, 0.3) is 0 Å². The minimum absolute atomic E-state index is 0.0217. The van der Waals surface area contributed by atoms with Crippen LogP contribution >= 0.6 is 0 Å². The van der Waals surface area contributed by atoms with Crippen molar-refractivity contribution in [3.8, 4) is 6.07 Å². The molecule has 1 aromatic carbocycles. The summed E-state index contributed by atoms with van der Waals surface area (Å²) in [7, 11) is 0. The Hall–Kier alpha value is -1.82. The maximum absolute atomic E-state index is 9.01. The summed E-state index contributed by atoms with van der Waals surface area (Å²) in [5.41, 5.74) is 2.81. The largest absolute Gasteiger partial charge is 0.322 e. The Morgan fingerprint density at radius 3 is 2.58 bits per heavy atom. The highest BCUT2D eigenvalue weighted by Gasteiger charge is 2.29. The van der Waals surface area contributed by atoms with Crippen molar-refractivity contribution in [3.63, 3.8) is 0 Å². The number of hydrogen-bond donors (Lipinski definition) is 0. The zero-order valence-corrected chi connectivity index (χ0v) is 11.8. The molecule has 0 spiro atoms. The van der Waals surface area contributed by atoms with E-state index in [0.717, 1.165) is 11.0 Å². The van der Waals surface area contributed by atoms with Crippen LogP contribution in [0.25, 0.3) is 11.0 Å². The molecule has 1 fully saturated rings. The molecule has 0 N–H and O–H groups in total. The van der Waals surface area contributed by atoms with Crippen molar-refractivity contribution in [2.75, 3.05) is 0 Å². The summed E-state index contributed by atoms with van der Waals surface area (Å²) in [6.45, 7) is 6.65. The number of fused-ring (bicyclic) bond motifs is 1. The SMILES string of the molecule is CC(C)(C)n1c(C2CCC2)nc2cc(C#N)ccc21. The first-order valence-electron chi connectivity index (χ1n) is 6.93. The highest BCUT2D eigenvalue weighted by Crippen LogP contribution is 2.39. The molecular formula is C16H19N3. The molecule has 0 radical (unpaired) electrons. The van der Waals surface area contributed by atoms with E-state index in [1.165, 1.54) is 25.1 Å². The van der Waals surface area contributed by atoms with E-state index in [9.17, 15) is 0 Å². The van der Waals surface area contributed by atoms with Gasteiger partial charge in [0.05, 0.1) is 22.7 Å². The highest BCUT2D eigenvalue weighted by molar-refractivity contribution is 5.78. The average Bonchev–Trinajstić information content (AvgIpc) is 2.63. The lowest BCUT2D eigenvalue weighted by atomic mass is 9.84. The van der Waals surface area contributed by atoms with Crippen LogP contribution in [-0.4, -0.2) is 9.55 Å². The Balaban J connectivity index is 2.26. The maximum Gasteiger partial charge on any atom is 0.113 e. The van der Waals surface area contributed by atoms with Crippen LogP contribution in [0.15, 0.2) is 18.2 Å². The van der Waals surface area contributed by atoms with Crippen molar-refractivity contribution in [1.82, 2.24) is 9.55 Å².